The minimum absolute atomic E-state index is 0. The number of ether oxygens (including phenoxy) is 1. The number of esters is 1. The fourth-order valence-corrected chi connectivity index (χ4v) is 4.66. The van der Waals surface area contributed by atoms with Crippen LogP contribution in [-0.2, 0) is 38.7 Å². The molecule has 1 aliphatic heterocycles. The van der Waals surface area contributed by atoms with Gasteiger partial charge in [0.05, 0.1) is 12.6 Å². The smallest absolute Gasteiger partial charge is 0.328 e. The van der Waals surface area contributed by atoms with Crippen molar-refractivity contribution in [2.24, 2.45) is 0 Å². The van der Waals surface area contributed by atoms with Crippen LogP contribution in [0.5, 0.6) is 0 Å². The lowest BCUT2D eigenvalue weighted by Gasteiger charge is -2.26. The monoisotopic (exact) mass is 579 g/mol. The summed E-state index contributed by atoms with van der Waals surface area (Å²) in [6.07, 6.45) is 0.886. The van der Waals surface area contributed by atoms with Crippen LogP contribution in [0, 0.1) is 0 Å². The Morgan fingerprint density at radius 3 is 2.00 bits per heavy atom. The quantitative estimate of drug-likeness (QED) is 0.311. The molecule has 4 rings (SSSR count). The standard InChI is InChI=1S/C31H33N3O6.ClH/c1-22(28(35)34-27(29(36)37)20-33(31(34)39)19-24-13-7-3-8-14-24)32-26(18-17-23-11-5-2-6-12-23)30(38)40-21-25-15-9-4-10-16-25;/h2-16,22,26-27,32H,17-21H2,1H3,(H,36,37);1H/t22-,26+,27+;/m1./s1. The van der Waals surface area contributed by atoms with Gasteiger partial charge < -0.3 is 14.7 Å². The molecule has 3 amide bonds. The van der Waals surface area contributed by atoms with Crippen LogP contribution in [0.25, 0.3) is 0 Å². The molecule has 1 aliphatic rings. The first-order valence-corrected chi connectivity index (χ1v) is 13.2. The topological polar surface area (TPSA) is 116 Å². The number of urea groups is 1. The van der Waals surface area contributed by atoms with Crippen LogP contribution in [0.15, 0.2) is 91.0 Å². The van der Waals surface area contributed by atoms with Crippen molar-refractivity contribution in [3.63, 3.8) is 0 Å². The highest BCUT2D eigenvalue weighted by Crippen LogP contribution is 2.21. The highest BCUT2D eigenvalue weighted by Gasteiger charge is 2.46. The second-order valence-electron chi connectivity index (χ2n) is 9.77. The second kappa shape index (κ2) is 15.0. The number of carboxylic acid groups (broad SMARTS) is 1. The lowest BCUT2D eigenvalue weighted by atomic mass is 10.0. The molecule has 0 aromatic heterocycles. The summed E-state index contributed by atoms with van der Waals surface area (Å²) in [6, 6.07) is 24.1. The SMILES string of the molecule is C[C@@H](N[C@@H](CCc1ccccc1)C(=O)OCc1ccccc1)C(=O)N1C(=O)N(Cc2ccccc2)C[C@H]1C(=O)O.Cl. The number of imide groups is 1. The predicted molar refractivity (Wildman–Crippen MR) is 155 cm³/mol. The molecule has 3 aromatic rings. The molecule has 3 atom stereocenters. The summed E-state index contributed by atoms with van der Waals surface area (Å²) in [5.74, 6) is -2.52. The van der Waals surface area contributed by atoms with Gasteiger partial charge in [-0.2, -0.15) is 0 Å². The van der Waals surface area contributed by atoms with Crippen LogP contribution < -0.4 is 5.32 Å². The van der Waals surface area contributed by atoms with Crippen molar-refractivity contribution < 1.29 is 29.0 Å². The van der Waals surface area contributed by atoms with Crippen molar-refractivity contribution in [3.05, 3.63) is 108 Å². The van der Waals surface area contributed by atoms with E-state index in [4.69, 9.17) is 4.74 Å². The Labute approximate surface area is 245 Å². The van der Waals surface area contributed by atoms with Crippen LogP contribution >= 0.6 is 12.4 Å². The number of hydrogen-bond donors (Lipinski definition) is 2. The summed E-state index contributed by atoms with van der Waals surface area (Å²) in [6.45, 7) is 1.65. The molecular formula is C31H34ClN3O6. The van der Waals surface area contributed by atoms with E-state index in [9.17, 15) is 24.3 Å². The van der Waals surface area contributed by atoms with E-state index in [-0.39, 0.29) is 32.1 Å². The maximum absolute atomic E-state index is 13.5. The van der Waals surface area contributed by atoms with Crippen molar-refractivity contribution in [1.29, 1.82) is 0 Å². The molecule has 1 heterocycles. The van der Waals surface area contributed by atoms with E-state index in [1.54, 1.807) is 0 Å². The van der Waals surface area contributed by atoms with Crippen molar-refractivity contribution in [3.8, 4) is 0 Å². The van der Waals surface area contributed by atoms with Crippen LogP contribution in [0.4, 0.5) is 4.79 Å². The van der Waals surface area contributed by atoms with E-state index in [0.29, 0.717) is 12.8 Å². The number of hydrogen-bond acceptors (Lipinski definition) is 6. The number of halogens is 1. The van der Waals surface area contributed by atoms with Gasteiger partial charge in [-0.25, -0.2) is 14.5 Å². The fraction of sp³-hybridized carbons (Fsp3) is 0.290. The number of carbonyl (C=O) groups excluding carboxylic acids is 3. The molecule has 0 saturated carbocycles. The summed E-state index contributed by atoms with van der Waals surface area (Å²) < 4.78 is 5.55. The van der Waals surface area contributed by atoms with Gasteiger partial charge in [0, 0.05) is 6.54 Å². The van der Waals surface area contributed by atoms with E-state index in [1.807, 2.05) is 91.0 Å². The molecule has 1 fully saturated rings. The molecule has 0 aliphatic carbocycles. The first kappa shape index (κ1) is 31.3. The summed E-state index contributed by atoms with van der Waals surface area (Å²) in [4.78, 5) is 54.0. The molecule has 0 bridgehead atoms. The highest BCUT2D eigenvalue weighted by molar-refractivity contribution is 6.02. The lowest BCUT2D eigenvalue weighted by molar-refractivity contribution is -0.149. The van der Waals surface area contributed by atoms with Gasteiger partial charge >= 0.3 is 18.0 Å². The first-order valence-electron chi connectivity index (χ1n) is 13.2. The van der Waals surface area contributed by atoms with E-state index < -0.39 is 42.0 Å². The zero-order valence-electron chi connectivity index (χ0n) is 22.7. The second-order valence-corrected chi connectivity index (χ2v) is 9.77. The third-order valence-corrected chi connectivity index (χ3v) is 6.81. The minimum atomic E-state index is -1.33. The zero-order chi connectivity index (χ0) is 28.5. The Hall–Kier alpha value is -4.21. The van der Waals surface area contributed by atoms with Crippen molar-refractivity contribution in [1.82, 2.24) is 15.1 Å². The van der Waals surface area contributed by atoms with Gasteiger partial charge in [0.15, 0.2) is 6.04 Å². The largest absolute Gasteiger partial charge is 0.480 e. The molecule has 10 heteroatoms. The van der Waals surface area contributed by atoms with E-state index in [2.05, 4.69) is 5.32 Å². The number of amides is 3. The lowest BCUT2D eigenvalue weighted by Crippen LogP contribution is -2.54. The Kier molecular flexibility index (Phi) is 11.4. The van der Waals surface area contributed by atoms with Crippen molar-refractivity contribution in [2.45, 2.75) is 51.0 Å². The molecular weight excluding hydrogens is 546 g/mol. The molecule has 9 nitrogen and oxygen atoms in total. The molecule has 0 radical (unpaired) electrons. The molecule has 0 unspecified atom stereocenters. The summed E-state index contributed by atoms with van der Waals surface area (Å²) in [5, 5.41) is 12.8. The van der Waals surface area contributed by atoms with Gasteiger partial charge in [-0.1, -0.05) is 91.0 Å². The molecule has 1 saturated heterocycles. The Morgan fingerprint density at radius 1 is 0.902 bits per heavy atom. The average Bonchev–Trinajstić information content (AvgIpc) is 3.30. The zero-order valence-corrected chi connectivity index (χ0v) is 23.5. The molecule has 2 N–H and O–H groups in total. The van der Waals surface area contributed by atoms with Gasteiger partial charge in [-0.3, -0.25) is 14.9 Å². The highest BCUT2D eigenvalue weighted by atomic mass is 35.5. The van der Waals surface area contributed by atoms with Crippen molar-refractivity contribution >= 4 is 36.3 Å². The maximum Gasteiger partial charge on any atom is 0.328 e. The summed E-state index contributed by atoms with van der Waals surface area (Å²) in [5.41, 5.74) is 2.66. The minimum Gasteiger partial charge on any atom is -0.480 e. The van der Waals surface area contributed by atoms with Gasteiger partial charge in [0.25, 0.3) is 0 Å². The summed E-state index contributed by atoms with van der Waals surface area (Å²) >= 11 is 0. The number of carboxylic acids is 1. The number of nitrogens with one attached hydrogen (secondary N) is 1. The fourth-order valence-electron chi connectivity index (χ4n) is 4.66. The van der Waals surface area contributed by atoms with E-state index in [0.717, 1.165) is 21.6 Å². The number of carbonyl (C=O) groups is 4. The molecule has 3 aromatic carbocycles. The van der Waals surface area contributed by atoms with E-state index in [1.165, 1.54) is 11.8 Å². The molecule has 216 valence electrons. The number of rotatable bonds is 12. The van der Waals surface area contributed by atoms with Crippen LogP contribution in [0.1, 0.15) is 30.0 Å². The number of nitrogens with zero attached hydrogens (tertiary/aromatic N) is 2. The Balaban J connectivity index is 0.00000462. The van der Waals surface area contributed by atoms with Gasteiger partial charge in [0.2, 0.25) is 5.91 Å². The maximum atomic E-state index is 13.5. The van der Waals surface area contributed by atoms with Gasteiger partial charge in [-0.15, -0.1) is 12.4 Å². The number of aliphatic carboxylic acids is 1. The van der Waals surface area contributed by atoms with Crippen LogP contribution in [-0.4, -0.2) is 63.5 Å². The van der Waals surface area contributed by atoms with Crippen molar-refractivity contribution in [2.75, 3.05) is 6.54 Å². The third-order valence-electron chi connectivity index (χ3n) is 6.81. The van der Waals surface area contributed by atoms with Gasteiger partial charge in [0.1, 0.15) is 12.6 Å². The Morgan fingerprint density at radius 2 is 1.44 bits per heavy atom. The Bertz CT molecular complexity index is 1310. The average molecular weight is 580 g/mol. The normalized spacial score (nSPS) is 16.0. The number of aryl methyl sites for hydroxylation is 1. The number of benzene rings is 3. The first-order chi connectivity index (χ1) is 19.3. The van der Waals surface area contributed by atoms with Crippen LogP contribution in [0.3, 0.4) is 0 Å². The summed E-state index contributed by atoms with van der Waals surface area (Å²) in [7, 11) is 0. The molecule has 41 heavy (non-hydrogen) atoms. The predicted octanol–water partition coefficient (Wildman–Crippen LogP) is 4.05. The van der Waals surface area contributed by atoms with Gasteiger partial charge in [-0.05, 0) is 36.5 Å². The van der Waals surface area contributed by atoms with E-state index >= 15 is 0 Å². The third kappa shape index (κ3) is 8.39. The van der Waals surface area contributed by atoms with Crippen LogP contribution in [0.2, 0.25) is 0 Å². The molecule has 0 spiro atoms.